The molecule has 0 saturated carbocycles. The lowest BCUT2D eigenvalue weighted by Crippen LogP contribution is -2.49. The van der Waals surface area contributed by atoms with Crippen molar-refractivity contribution in [1.82, 2.24) is 19.2 Å². The maximum Gasteiger partial charge on any atom is 0.246 e. The van der Waals surface area contributed by atoms with Crippen LogP contribution in [0.5, 0.6) is 0 Å². The minimum atomic E-state index is -3.55. The third-order valence-corrected chi connectivity index (χ3v) is 4.88. The molecule has 0 radical (unpaired) electrons. The van der Waals surface area contributed by atoms with Gasteiger partial charge in [0.2, 0.25) is 16.0 Å². The third-order valence-electron chi connectivity index (χ3n) is 3.03. The number of sulfonamides is 1. The van der Waals surface area contributed by atoms with Gasteiger partial charge in [0, 0.05) is 32.7 Å². The van der Waals surface area contributed by atoms with E-state index in [9.17, 15) is 8.42 Å². The molecule has 106 valence electrons. The van der Waals surface area contributed by atoms with Crippen LogP contribution in [-0.2, 0) is 10.0 Å². The molecule has 19 heavy (non-hydrogen) atoms. The van der Waals surface area contributed by atoms with Crippen molar-refractivity contribution >= 4 is 16.0 Å². The summed E-state index contributed by atoms with van der Waals surface area (Å²) in [5.41, 5.74) is 5.34. The van der Waals surface area contributed by atoms with Gasteiger partial charge in [0.1, 0.15) is 4.90 Å². The van der Waals surface area contributed by atoms with E-state index in [2.05, 4.69) is 9.97 Å². The summed E-state index contributed by atoms with van der Waals surface area (Å²) in [5.74, 6) is 0.0479. The Labute approximate surface area is 111 Å². The minimum absolute atomic E-state index is 0.0479. The molecule has 3 N–H and O–H groups in total. The van der Waals surface area contributed by atoms with Gasteiger partial charge in [0.05, 0.1) is 19.0 Å². The number of aliphatic hydroxyl groups is 1. The standard InChI is InChI=1S/C10H17N5O3S/c11-10-12-7-9(8-13-10)19(17,18)15-3-1-14(2-4-15)5-6-16/h7-8,16H,1-6H2,(H2,11,12,13). The highest BCUT2D eigenvalue weighted by Crippen LogP contribution is 2.16. The van der Waals surface area contributed by atoms with E-state index >= 15 is 0 Å². The number of β-amino-alcohol motifs (C(OH)–C–C–N with tert-alkyl or cyclic N) is 1. The number of nitrogens with two attached hydrogens (primary N) is 1. The molecule has 1 aromatic heterocycles. The lowest BCUT2D eigenvalue weighted by atomic mass is 10.4. The second kappa shape index (κ2) is 5.78. The lowest BCUT2D eigenvalue weighted by molar-refractivity contribution is 0.151. The molecule has 0 amide bonds. The maximum absolute atomic E-state index is 12.3. The summed E-state index contributed by atoms with van der Waals surface area (Å²) in [5, 5.41) is 8.85. The Morgan fingerprint density at radius 2 is 1.79 bits per heavy atom. The zero-order valence-corrected chi connectivity index (χ0v) is 11.3. The molecule has 2 heterocycles. The van der Waals surface area contributed by atoms with Crippen molar-refractivity contribution in [2.24, 2.45) is 0 Å². The van der Waals surface area contributed by atoms with Gasteiger partial charge in [-0.1, -0.05) is 0 Å². The number of hydrogen-bond acceptors (Lipinski definition) is 7. The first kappa shape index (κ1) is 14.1. The minimum Gasteiger partial charge on any atom is -0.395 e. The van der Waals surface area contributed by atoms with E-state index in [1.165, 1.54) is 16.7 Å². The fourth-order valence-corrected chi connectivity index (χ4v) is 3.26. The average Bonchev–Trinajstić information content (AvgIpc) is 2.40. The summed E-state index contributed by atoms with van der Waals surface area (Å²) in [6.45, 7) is 2.65. The van der Waals surface area contributed by atoms with Crippen LogP contribution in [0.1, 0.15) is 0 Å². The number of aromatic nitrogens is 2. The topological polar surface area (TPSA) is 113 Å². The molecule has 1 fully saturated rings. The van der Waals surface area contributed by atoms with E-state index < -0.39 is 10.0 Å². The van der Waals surface area contributed by atoms with Crippen LogP contribution < -0.4 is 5.73 Å². The second-order valence-corrected chi connectivity index (χ2v) is 6.18. The molecule has 2 rings (SSSR count). The summed E-state index contributed by atoms with van der Waals surface area (Å²) in [6.07, 6.45) is 2.44. The number of nitrogens with zero attached hydrogens (tertiary/aromatic N) is 4. The van der Waals surface area contributed by atoms with Gasteiger partial charge in [-0.05, 0) is 0 Å². The normalized spacial score (nSPS) is 18.6. The van der Waals surface area contributed by atoms with Gasteiger partial charge >= 0.3 is 0 Å². The maximum atomic E-state index is 12.3. The lowest BCUT2D eigenvalue weighted by Gasteiger charge is -2.33. The van der Waals surface area contributed by atoms with Gasteiger partial charge < -0.3 is 10.8 Å². The van der Waals surface area contributed by atoms with Crippen molar-refractivity contribution in [2.45, 2.75) is 4.90 Å². The Morgan fingerprint density at radius 1 is 1.21 bits per heavy atom. The molecule has 0 bridgehead atoms. The van der Waals surface area contributed by atoms with E-state index in [0.29, 0.717) is 32.7 Å². The number of nitrogen functional groups attached to an aromatic ring is 1. The van der Waals surface area contributed by atoms with E-state index in [1.54, 1.807) is 0 Å². The molecule has 1 aromatic rings. The zero-order valence-electron chi connectivity index (χ0n) is 10.4. The zero-order chi connectivity index (χ0) is 13.9. The molecule has 9 heteroatoms. The summed E-state index contributed by atoms with van der Waals surface area (Å²) in [4.78, 5) is 9.48. The van der Waals surface area contributed by atoms with Crippen molar-refractivity contribution in [3.05, 3.63) is 12.4 Å². The SMILES string of the molecule is Nc1ncc(S(=O)(=O)N2CCN(CCO)CC2)cn1. The highest BCUT2D eigenvalue weighted by Gasteiger charge is 2.28. The van der Waals surface area contributed by atoms with Crippen molar-refractivity contribution in [3.8, 4) is 0 Å². The van der Waals surface area contributed by atoms with Gasteiger partial charge in [-0.2, -0.15) is 4.31 Å². The van der Waals surface area contributed by atoms with E-state index in [0.717, 1.165) is 0 Å². The Balaban J connectivity index is 2.07. The van der Waals surface area contributed by atoms with E-state index in [4.69, 9.17) is 10.8 Å². The first-order chi connectivity index (χ1) is 9.04. The van der Waals surface area contributed by atoms with Crippen molar-refractivity contribution in [3.63, 3.8) is 0 Å². The first-order valence-corrected chi connectivity index (χ1v) is 7.39. The van der Waals surface area contributed by atoms with Crippen LogP contribution in [0.2, 0.25) is 0 Å². The summed E-state index contributed by atoms with van der Waals surface area (Å²) in [7, 11) is -3.55. The van der Waals surface area contributed by atoms with E-state index in [1.807, 2.05) is 4.90 Å². The van der Waals surface area contributed by atoms with Crippen LogP contribution in [0.3, 0.4) is 0 Å². The molecule has 0 unspecified atom stereocenters. The Kier molecular flexibility index (Phi) is 4.30. The number of anilines is 1. The number of hydrogen-bond donors (Lipinski definition) is 2. The fraction of sp³-hybridized carbons (Fsp3) is 0.600. The molecular weight excluding hydrogens is 270 g/mol. The van der Waals surface area contributed by atoms with Crippen LogP contribution in [0, 0.1) is 0 Å². The van der Waals surface area contributed by atoms with Crippen LogP contribution in [0.4, 0.5) is 5.95 Å². The predicted octanol–water partition coefficient (Wildman–Crippen LogP) is -1.64. The molecule has 0 spiro atoms. The first-order valence-electron chi connectivity index (χ1n) is 5.95. The van der Waals surface area contributed by atoms with Gasteiger partial charge in [0.25, 0.3) is 0 Å². The van der Waals surface area contributed by atoms with Crippen molar-refractivity contribution < 1.29 is 13.5 Å². The number of piperazine rings is 1. The van der Waals surface area contributed by atoms with Crippen LogP contribution in [0.25, 0.3) is 0 Å². The quantitative estimate of drug-likeness (QED) is 0.682. The van der Waals surface area contributed by atoms with Gasteiger partial charge in [-0.25, -0.2) is 18.4 Å². The molecule has 1 saturated heterocycles. The second-order valence-electron chi connectivity index (χ2n) is 4.25. The molecular formula is C10H17N5O3S. The van der Waals surface area contributed by atoms with Crippen LogP contribution >= 0.6 is 0 Å². The third kappa shape index (κ3) is 3.18. The van der Waals surface area contributed by atoms with Crippen molar-refractivity contribution in [1.29, 1.82) is 0 Å². The Hall–Kier alpha value is -1.29. The number of rotatable bonds is 4. The molecule has 8 nitrogen and oxygen atoms in total. The summed E-state index contributed by atoms with van der Waals surface area (Å²) >= 11 is 0. The summed E-state index contributed by atoms with van der Waals surface area (Å²) < 4.78 is 26.0. The molecule has 1 aliphatic rings. The highest BCUT2D eigenvalue weighted by atomic mass is 32.2. The highest BCUT2D eigenvalue weighted by molar-refractivity contribution is 7.89. The van der Waals surface area contributed by atoms with Crippen LogP contribution in [-0.4, -0.2) is 72.0 Å². The van der Waals surface area contributed by atoms with Crippen molar-refractivity contribution in [2.75, 3.05) is 45.1 Å². The van der Waals surface area contributed by atoms with Gasteiger partial charge in [-0.15, -0.1) is 0 Å². The van der Waals surface area contributed by atoms with Gasteiger partial charge in [-0.3, -0.25) is 4.90 Å². The Bertz CT molecular complexity index is 510. The smallest absolute Gasteiger partial charge is 0.246 e. The number of aliphatic hydroxyl groups excluding tert-OH is 1. The molecule has 0 aromatic carbocycles. The predicted molar refractivity (Wildman–Crippen MR) is 68.7 cm³/mol. The monoisotopic (exact) mass is 287 g/mol. The fourth-order valence-electron chi connectivity index (χ4n) is 1.94. The molecule has 0 atom stereocenters. The molecule has 1 aliphatic heterocycles. The van der Waals surface area contributed by atoms with Gasteiger partial charge in [0.15, 0.2) is 0 Å². The van der Waals surface area contributed by atoms with Crippen LogP contribution in [0.15, 0.2) is 17.3 Å². The Morgan fingerprint density at radius 3 is 2.32 bits per heavy atom. The van der Waals surface area contributed by atoms with E-state index in [-0.39, 0.29) is 17.5 Å². The molecule has 0 aliphatic carbocycles. The average molecular weight is 287 g/mol. The largest absolute Gasteiger partial charge is 0.395 e. The summed E-state index contributed by atoms with van der Waals surface area (Å²) in [6, 6.07) is 0.